The summed E-state index contributed by atoms with van der Waals surface area (Å²) in [7, 11) is 0. The molecule has 30 heavy (non-hydrogen) atoms. The number of ether oxygens (including phenoxy) is 1. The Labute approximate surface area is 170 Å². The summed E-state index contributed by atoms with van der Waals surface area (Å²) in [5, 5.41) is 9.91. The molecule has 0 atom stereocenters. The molecule has 1 aromatic heterocycles. The molecule has 0 spiro atoms. The largest absolute Gasteiger partial charge is 0.378 e. The zero-order valence-electron chi connectivity index (χ0n) is 15.8. The van der Waals surface area contributed by atoms with Crippen molar-refractivity contribution in [1.29, 1.82) is 0 Å². The molecule has 7 nitrogen and oxygen atoms in total. The van der Waals surface area contributed by atoms with Crippen LogP contribution in [0.5, 0.6) is 0 Å². The minimum absolute atomic E-state index is 0.0271. The Balaban J connectivity index is 1.58. The first-order valence-corrected chi connectivity index (χ1v) is 9.47. The molecule has 152 valence electrons. The number of carbonyl (C=O) groups excluding carboxylic acids is 1. The molecule has 3 heterocycles. The van der Waals surface area contributed by atoms with Gasteiger partial charge < -0.3 is 15.0 Å². The zero-order chi connectivity index (χ0) is 20.7. The van der Waals surface area contributed by atoms with E-state index in [-0.39, 0.29) is 17.3 Å². The summed E-state index contributed by atoms with van der Waals surface area (Å²) < 4.78 is 34.1. The van der Waals surface area contributed by atoms with E-state index in [9.17, 15) is 13.6 Å². The Morgan fingerprint density at radius 3 is 2.63 bits per heavy atom. The number of amides is 1. The highest BCUT2D eigenvalue weighted by molar-refractivity contribution is 6.13. The molecule has 0 saturated carbocycles. The molecule has 1 saturated heterocycles. The molecular weight excluding hydrogens is 392 g/mol. The van der Waals surface area contributed by atoms with Gasteiger partial charge in [-0.25, -0.2) is 13.8 Å². The molecule has 0 bridgehead atoms. The van der Waals surface area contributed by atoms with Crippen LogP contribution in [0.2, 0.25) is 0 Å². The van der Waals surface area contributed by atoms with Crippen molar-refractivity contribution in [1.82, 2.24) is 15.1 Å². The second-order valence-corrected chi connectivity index (χ2v) is 6.98. The number of carbonyl (C=O) groups is 1. The maximum atomic E-state index is 14.4. The molecule has 1 fully saturated rings. The number of anilines is 1. The Bertz CT molecular complexity index is 1150. The molecule has 0 aliphatic carbocycles. The van der Waals surface area contributed by atoms with Crippen LogP contribution in [-0.2, 0) is 4.74 Å². The standard InChI is InChI=1S/C21H17F2N5O2/c22-14-2-1-3-15(23)18(14)20-25-16-5-4-12(21(29)28-6-8-30-9-7-28)10-13(16)19-17(26-20)11-24-27-19/h1-5,10-11H,6-9H2,(H,24,27)(H,25,26). The third-order valence-electron chi connectivity index (χ3n) is 5.14. The number of aromatic nitrogens is 2. The van der Waals surface area contributed by atoms with Gasteiger partial charge in [-0.15, -0.1) is 0 Å². The summed E-state index contributed by atoms with van der Waals surface area (Å²) in [5.41, 5.74) is 2.40. The van der Waals surface area contributed by atoms with Gasteiger partial charge in [-0.05, 0) is 30.3 Å². The van der Waals surface area contributed by atoms with Gasteiger partial charge in [-0.3, -0.25) is 9.89 Å². The van der Waals surface area contributed by atoms with Crippen molar-refractivity contribution in [3.63, 3.8) is 0 Å². The fourth-order valence-electron chi connectivity index (χ4n) is 3.62. The second-order valence-electron chi connectivity index (χ2n) is 6.98. The Kier molecular flexibility index (Phi) is 4.51. The smallest absolute Gasteiger partial charge is 0.254 e. The Morgan fingerprint density at radius 1 is 1.10 bits per heavy atom. The third-order valence-corrected chi connectivity index (χ3v) is 5.14. The average molecular weight is 409 g/mol. The summed E-state index contributed by atoms with van der Waals surface area (Å²) in [6.07, 6.45) is 1.47. The van der Waals surface area contributed by atoms with Crippen molar-refractivity contribution in [3.8, 4) is 11.3 Å². The van der Waals surface area contributed by atoms with Crippen LogP contribution in [0, 0.1) is 11.6 Å². The number of benzene rings is 2. The van der Waals surface area contributed by atoms with Crippen LogP contribution in [0.3, 0.4) is 0 Å². The van der Waals surface area contributed by atoms with Gasteiger partial charge in [0.1, 0.15) is 23.2 Å². The highest BCUT2D eigenvalue weighted by atomic mass is 19.1. The summed E-state index contributed by atoms with van der Waals surface area (Å²) in [6, 6.07) is 8.76. The number of halogens is 2. The third kappa shape index (κ3) is 3.13. The number of nitrogens with zero attached hydrogens (tertiary/aromatic N) is 3. The SMILES string of the molecule is O=C(c1ccc2c(c1)-c1[nH]ncc1N=C(c1c(F)cccc1F)N2)N1CCOCC1. The van der Waals surface area contributed by atoms with Crippen LogP contribution in [0.1, 0.15) is 15.9 Å². The van der Waals surface area contributed by atoms with Crippen molar-refractivity contribution in [2.24, 2.45) is 4.99 Å². The number of morpholine rings is 1. The predicted octanol–water partition coefficient (Wildman–Crippen LogP) is 3.33. The Morgan fingerprint density at radius 2 is 1.87 bits per heavy atom. The number of H-pyrrole nitrogens is 1. The topological polar surface area (TPSA) is 82.6 Å². The van der Waals surface area contributed by atoms with Gasteiger partial charge in [-0.1, -0.05) is 6.07 Å². The molecule has 1 amide bonds. The van der Waals surface area contributed by atoms with Crippen LogP contribution in [0.15, 0.2) is 47.6 Å². The van der Waals surface area contributed by atoms with Gasteiger partial charge in [0.05, 0.1) is 30.7 Å². The van der Waals surface area contributed by atoms with Gasteiger partial charge in [-0.2, -0.15) is 5.10 Å². The normalized spacial score (nSPS) is 15.5. The van der Waals surface area contributed by atoms with E-state index < -0.39 is 11.6 Å². The fraction of sp³-hybridized carbons (Fsp3) is 0.190. The van der Waals surface area contributed by atoms with E-state index in [1.54, 1.807) is 23.1 Å². The van der Waals surface area contributed by atoms with Crippen molar-refractivity contribution < 1.29 is 18.3 Å². The van der Waals surface area contributed by atoms with Crippen LogP contribution >= 0.6 is 0 Å². The van der Waals surface area contributed by atoms with E-state index in [2.05, 4.69) is 20.5 Å². The lowest BCUT2D eigenvalue weighted by molar-refractivity contribution is 0.0303. The van der Waals surface area contributed by atoms with Crippen molar-refractivity contribution in [2.75, 3.05) is 31.6 Å². The highest BCUT2D eigenvalue weighted by Gasteiger charge is 2.25. The molecule has 2 N–H and O–H groups in total. The fourth-order valence-corrected chi connectivity index (χ4v) is 3.62. The molecule has 2 aromatic carbocycles. The molecule has 3 aromatic rings. The number of nitrogens with one attached hydrogen (secondary N) is 2. The minimum Gasteiger partial charge on any atom is -0.378 e. The predicted molar refractivity (Wildman–Crippen MR) is 107 cm³/mol. The summed E-state index contributed by atoms with van der Waals surface area (Å²) >= 11 is 0. The molecule has 9 heteroatoms. The van der Waals surface area contributed by atoms with Crippen LogP contribution < -0.4 is 5.32 Å². The van der Waals surface area contributed by atoms with Crippen molar-refractivity contribution >= 4 is 23.1 Å². The Hall–Kier alpha value is -3.59. The number of aliphatic imine (C=N–C) groups is 1. The van der Waals surface area contributed by atoms with E-state index in [4.69, 9.17) is 4.74 Å². The number of hydrogen-bond donors (Lipinski definition) is 2. The lowest BCUT2D eigenvalue weighted by Gasteiger charge is -2.27. The summed E-state index contributed by atoms with van der Waals surface area (Å²) in [4.78, 5) is 19.0. The van der Waals surface area contributed by atoms with Gasteiger partial charge in [0.15, 0.2) is 0 Å². The number of amidine groups is 1. The van der Waals surface area contributed by atoms with Gasteiger partial charge in [0.25, 0.3) is 5.91 Å². The molecule has 0 unspecified atom stereocenters. The van der Waals surface area contributed by atoms with E-state index in [1.807, 2.05) is 0 Å². The first-order valence-electron chi connectivity index (χ1n) is 9.47. The van der Waals surface area contributed by atoms with Gasteiger partial charge >= 0.3 is 0 Å². The monoisotopic (exact) mass is 409 g/mol. The van der Waals surface area contributed by atoms with Crippen LogP contribution in [-0.4, -0.2) is 53.1 Å². The maximum absolute atomic E-state index is 14.4. The number of rotatable bonds is 2. The van der Waals surface area contributed by atoms with Crippen molar-refractivity contribution in [2.45, 2.75) is 0 Å². The number of fused-ring (bicyclic) bond motifs is 3. The number of aromatic amines is 1. The lowest BCUT2D eigenvalue weighted by Crippen LogP contribution is -2.40. The van der Waals surface area contributed by atoms with Crippen molar-refractivity contribution in [3.05, 3.63) is 65.4 Å². The quantitative estimate of drug-likeness (QED) is 0.680. The molecule has 0 radical (unpaired) electrons. The minimum atomic E-state index is -0.728. The summed E-state index contributed by atoms with van der Waals surface area (Å²) in [6.45, 7) is 2.08. The van der Waals surface area contributed by atoms with E-state index in [1.165, 1.54) is 24.4 Å². The molecule has 5 rings (SSSR count). The lowest BCUT2D eigenvalue weighted by atomic mass is 10.0. The van der Waals surface area contributed by atoms with Crippen LogP contribution in [0.4, 0.5) is 20.2 Å². The summed E-state index contributed by atoms with van der Waals surface area (Å²) in [5.74, 6) is -1.53. The number of hydrogen-bond acceptors (Lipinski definition) is 5. The first-order chi connectivity index (χ1) is 14.6. The van der Waals surface area contributed by atoms with Crippen LogP contribution in [0.25, 0.3) is 11.3 Å². The molecular formula is C21H17F2N5O2. The van der Waals surface area contributed by atoms with Gasteiger partial charge in [0, 0.05) is 29.9 Å². The molecule has 2 aliphatic rings. The van der Waals surface area contributed by atoms with E-state index >= 15 is 0 Å². The molecule has 2 aliphatic heterocycles. The van der Waals surface area contributed by atoms with E-state index in [0.717, 1.165) is 0 Å². The first kappa shape index (κ1) is 18.4. The maximum Gasteiger partial charge on any atom is 0.254 e. The van der Waals surface area contributed by atoms with Gasteiger partial charge in [0.2, 0.25) is 0 Å². The zero-order valence-corrected chi connectivity index (χ0v) is 15.8. The average Bonchev–Trinajstić information content (AvgIpc) is 3.16. The highest BCUT2D eigenvalue weighted by Crippen LogP contribution is 2.38. The second kappa shape index (κ2) is 7.34. The van der Waals surface area contributed by atoms with E-state index in [0.29, 0.717) is 54.5 Å².